The Labute approximate surface area is 170 Å². The molecule has 0 saturated carbocycles. The van der Waals surface area contributed by atoms with Crippen LogP contribution in [0.1, 0.15) is 25.0 Å². The van der Waals surface area contributed by atoms with Gasteiger partial charge in [-0.2, -0.15) is 0 Å². The zero-order valence-corrected chi connectivity index (χ0v) is 17.9. The van der Waals surface area contributed by atoms with Crippen LogP contribution in [0.5, 0.6) is 17.2 Å². The molecule has 0 aliphatic carbocycles. The quantitative estimate of drug-likeness (QED) is 0.523. The predicted octanol–water partition coefficient (Wildman–Crippen LogP) is 5.01. The molecule has 2 aromatic rings. The topological polar surface area (TPSA) is 39.7 Å². The van der Waals surface area contributed by atoms with Crippen molar-refractivity contribution in [3.8, 4) is 17.2 Å². The number of ether oxygens (including phenoxy) is 3. The highest BCUT2D eigenvalue weighted by molar-refractivity contribution is 9.10. The average molecular weight is 445 g/mol. The van der Waals surface area contributed by atoms with Crippen LogP contribution < -0.4 is 19.5 Å². The predicted molar refractivity (Wildman–Crippen MR) is 112 cm³/mol. The lowest BCUT2D eigenvalue weighted by atomic mass is 10.1. The molecular weight excluding hydrogens is 418 g/mol. The maximum atomic E-state index is 5.71. The number of rotatable bonds is 10. The molecule has 2 aromatic carbocycles. The first kappa shape index (κ1) is 22.6. The van der Waals surface area contributed by atoms with E-state index in [-0.39, 0.29) is 12.4 Å². The second kappa shape index (κ2) is 12.0. The third-order valence-electron chi connectivity index (χ3n) is 3.74. The Morgan fingerprint density at radius 2 is 1.65 bits per heavy atom. The highest BCUT2D eigenvalue weighted by Crippen LogP contribution is 2.36. The van der Waals surface area contributed by atoms with E-state index in [1.807, 2.05) is 32.0 Å². The van der Waals surface area contributed by atoms with E-state index in [1.165, 1.54) is 5.56 Å². The molecule has 0 unspecified atom stereocenters. The van der Waals surface area contributed by atoms with Gasteiger partial charge in [0.2, 0.25) is 0 Å². The van der Waals surface area contributed by atoms with Crippen molar-refractivity contribution >= 4 is 28.3 Å². The Bertz CT molecular complexity index is 665. The van der Waals surface area contributed by atoms with Crippen LogP contribution in [0.25, 0.3) is 0 Å². The summed E-state index contributed by atoms with van der Waals surface area (Å²) in [6.45, 7) is 6.85. The summed E-state index contributed by atoms with van der Waals surface area (Å²) >= 11 is 3.58. The maximum Gasteiger partial charge on any atom is 0.175 e. The van der Waals surface area contributed by atoms with Gasteiger partial charge in [0.15, 0.2) is 11.5 Å². The Morgan fingerprint density at radius 3 is 2.27 bits per heavy atom. The highest BCUT2D eigenvalue weighted by Gasteiger charge is 2.11. The zero-order valence-electron chi connectivity index (χ0n) is 15.5. The third kappa shape index (κ3) is 6.71. The van der Waals surface area contributed by atoms with Crippen LogP contribution >= 0.6 is 28.3 Å². The molecule has 0 radical (unpaired) electrons. The first-order valence-corrected chi connectivity index (χ1v) is 9.38. The van der Waals surface area contributed by atoms with Crippen molar-refractivity contribution in [1.29, 1.82) is 0 Å². The van der Waals surface area contributed by atoms with Gasteiger partial charge in [0.25, 0.3) is 0 Å². The summed E-state index contributed by atoms with van der Waals surface area (Å²) < 4.78 is 17.5. The summed E-state index contributed by atoms with van der Waals surface area (Å²) in [6, 6.07) is 12.3. The number of nitrogens with one attached hydrogen (secondary N) is 1. The molecule has 0 saturated heterocycles. The van der Waals surface area contributed by atoms with Crippen molar-refractivity contribution in [2.24, 2.45) is 0 Å². The van der Waals surface area contributed by atoms with Gasteiger partial charge < -0.3 is 19.5 Å². The molecule has 1 N–H and O–H groups in total. The second-order valence-electron chi connectivity index (χ2n) is 5.55. The fourth-order valence-corrected chi connectivity index (χ4v) is 3.13. The van der Waals surface area contributed by atoms with Crippen molar-refractivity contribution in [2.45, 2.75) is 26.8 Å². The molecule has 0 aromatic heterocycles. The van der Waals surface area contributed by atoms with E-state index in [1.54, 1.807) is 7.11 Å². The lowest BCUT2D eigenvalue weighted by molar-refractivity contribution is 0.286. The summed E-state index contributed by atoms with van der Waals surface area (Å²) in [7, 11) is 1.68. The van der Waals surface area contributed by atoms with E-state index in [0.29, 0.717) is 13.2 Å². The van der Waals surface area contributed by atoms with Gasteiger partial charge in [-0.1, -0.05) is 12.1 Å². The summed E-state index contributed by atoms with van der Waals surface area (Å²) in [4.78, 5) is 0. The van der Waals surface area contributed by atoms with E-state index in [0.717, 1.165) is 46.8 Å². The van der Waals surface area contributed by atoms with Gasteiger partial charge in [0.1, 0.15) is 5.75 Å². The lowest BCUT2D eigenvalue weighted by Crippen LogP contribution is -2.17. The number of methoxy groups -OCH3 is 1. The minimum absolute atomic E-state index is 0. The molecule has 6 heteroatoms. The molecule has 0 bridgehead atoms. The second-order valence-corrected chi connectivity index (χ2v) is 6.40. The van der Waals surface area contributed by atoms with Gasteiger partial charge in [0.05, 0.1) is 24.8 Å². The highest BCUT2D eigenvalue weighted by atomic mass is 79.9. The minimum Gasteiger partial charge on any atom is -0.497 e. The van der Waals surface area contributed by atoms with Crippen LogP contribution in [0.3, 0.4) is 0 Å². The van der Waals surface area contributed by atoms with Crippen LogP contribution in [0.4, 0.5) is 0 Å². The van der Waals surface area contributed by atoms with Crippen molar-refractivity contribution < 1.29 is 14.2 Å². The summed E-state index contributed by atoms with van der Waals surface area (Å²) in [5.74, 6) is 2.44. The number of hydrogen-bond donors (Lipinski definition) is 1. The summed E-state index contributed by atoms with van der Waals surface area (Å²) in [5, 5.41) is 3.48. The number of hydrogen-bond acceptors (Lipinski definition) is 4. The molecule has 4 nitrogen and oxygen atoms in total. The Balaban J connectivity index is 0.00000338. The zero-order chi connectivity index (χ0) is 18.1. The van der Waals surface area contributed by atoms with E-state index in [2.05, 4.69) is 39.4 Å². The fraction of sp³-hybridized carbons (Fsp3) is 0.400. The van der Waals surface area contributed by atoms with Gasteiger partial charge in [-0.15, -0.1) is 12.4 Å². The van der Waals surface area contributed by atoms with Crippen molar-refractivity contribution in [3.63, 3.8) is 0 Å². The molecule has 0 aliphatic rings. The molecule has 2 rings (SSSR count). The molecule has 0 atom stereocenters. The van der Waals surface area contributed by atoms with Crippen LogP contribution in [0, 0.1) is 0 Å². The molecule has 0 amide bonds. The van der Waals surface area contributed by atoms with E-state index >= 15 is 0 Å². The minimum atomic E-state index is 0. The standard InChI is InChI=1S/C20H26BrNO3.ClH/c1-4-24-19-13-16(12-18(21)20(19)25-5-2)14-22-11-10-15-6-8-17(23-3)9-7-15;/h6-9,12-13,22H,4-5,10-11,14H2,1-3H3;1H. The largest absolute Gasteiger partial charge is 0.497 e. The van der Waals surface area contributed by atoms with E-state index in [9.17, 15) is 0 Å². The van der Waals surface area contributed by atoms with Gasteiger partial charge in [-0.05, 0) is 78.1 Å². The number of benzene rings is 2. The van der Waals surface area contributed by atoms with Crippen molar-refractivity contribution in [3.05, 3.63) is 52.0 Å². The van der Waals surface area contributed by atoms with E-state index < -0.39 is 0 Å². The average Bonchev–Trinajstić information content (AvgIpc) is 2.62. The summed E-state index contributed by atoms with van der Waals surface area (Å²) in [6.07, 6.45) is 0.973. The third-order valence-corrected chi connectivity index (χ3v) is 4.33. The van der Waals surface area contributed by atoms with Crippen LogP contribution in [-0.4, -0.2) is 26.9 Å². The van der Waals surface area contributed by atoms with Crippen LogP contribution in [0.2, 0.25) is 0 Å². The first-order valence-electron chi connectivity index (χ1n) is 8.59. The Kier molecular flexibility index (Phi) is 10.5. The monoisotopic (exact) mass is 443 g/mol. The van der Waals surface area contributed by atoms with Gasteiger partial charge in [-0.25, -0.2) is 0 Å². The van der Waals surface area contributed by atoms with E-state index in [4.69, 9.17) is 14.2 Å². The van der Waals surface area contributed by atoms with Crippen LogP contribution in [-0.2, 0) is 13.0 Å². The SMILES string of the molecule is CCOc1cc(CNCCc2ccc(OC)cc2)cc(Br)c1OCC.Cl. The molecule has 0 fully saturated rings. The van der Waals surface area contributed by atoms with Crippen molar-refractivity contribution in [2.75, 3.05) is 26.9 Å². The van der Waals surface area contributed by atoms with Gasteiger partial charge in [0, 0.05) is 6.54 Å². The van der Waals surface area contributed by atoms with Gasteiger partial charge >= 0.3 is 0 Å². The Hall–Kier alpha value is -1.43. The van der Waals surface area contributed by atoms with Crippen molar-refractivity contribution in [1.82, 2.24) is 5.32 Å². The van der Waals surface area contributed by atoms with Crippen LogP contribution in [0.15, 0.2) is 40.9 Å². The normalized spacial score (nSPS) is 10.2. The van der Waals surface area contributed by atoms with Gasteiger partial charge in [-0.3, -0.25) is 0 Å². The molecule has 144 valence electrons. The molecule has 26 heavy (non-hydrogen) atoms. The Morgan fingerprint density at radius 1 is 0.962 bits per heavy atom. The smallest absolute Gasteiger partial charge is 0.175 e. The fourth-order valence-electron chi connectivity index (χ4n) is 2.53. The molecule has 0 spiro atoms. The lowest BCUT2D eigenvalue weighted by Gasteiger charge is -2.15. The maximum absolute atomic E-state index is 5.71. The first-order chi connectivity index (χ1) is 12.2. The summed E-state index contributed by atoms with van der Waals surface area (Å²) in [5.41, 5.74) is 2.45. The number of halogens is 2. The molecular formula is C20H27BrClNO3. The molecule has 0 heterocycles. The molecule has 0 aliphatic heterocycles.